The van der Waals surface area contributed by atoms with Gasteiger partial charge in [0.2, 0.25) is 0 Å². The molecule has 5 nitrogen and oxygen atoms in total. The number of halogens is 1. The van der Waals surface area contributed by atoms with Gasteiger partial charge in [-0.2, -0.15) is 0 Å². The number of hydrogen-bond acceptors (Lipinski definition) is 4. The van der Waals surface area contributed by atoms with Crippen LogP contribution in [0.2, 0.25) is 5.02 Å². The molecule has 4 rings (SSSR count). The molecule has 1 heterocycles. The Bertz CT molecular complexity index is 1250. The fraction of sp³-hybridized carbons (Fsp3) is 0.154. The summed E-state index contributed by atoms with van der Waals surface area (Å²) in [5.74, 6) is -0.253. The molecule has 0 aliphatic carbocycles. The summed E-state index contributed by atoms with van der Waals surface area (Å²) >= 11 is 6.14. The van der Waals surface area contributed by atoms with Crippen molar-refractivity contribution in [1.29, 1.82) is 0 Å². The number of carbonyl (C=O) groups is 2. The molecule has 1 aliphatic rings. The van der Waals surface area contributed by atoms with Gasteiger partial charge in [-0.3, -0.25) is 9.59 Å². The summed E-state index contributed by atoms with van der Waals surface area (Å²) in [4.78, 5) is 28.3. The van der Waals surface area contributed by atoms with Crippen molar-refractivity contribution in [2.75, 3.05) is 16.8 Å². The Hall–Kier alpha value is -3.57. The van der Waals surface area contributed by atoms with Crippen molar-refractivity contribution in [2.24, 2.45) is 0 Å². The lowest BCUT2D eigenvalue weighted by molar-refractivity contribution is -0.120. The van der Waals surface area contributed by atoms with E-state index in [4.69, 9.17) is 16.3 Å². The molecule has 0 radical (unpaired) electrons. The molecule has 0 unspecified atom stereocenters. The number of anilines is 2. The van der Waals surface area contributed by atoms with Crippen LogP contribution in [0.3, 0.4) is 0 Å². The predicted octanol–water partition coefficient (Wildman–Crippen LogP) is 5.75. The molecule has 0 saturated heterocycles. The van der Waals surface area contributed by atoms with Crippen molar-refractivity contribution in [2.45, 2.75) is 20.8 Å². The molecule has 32 heavy (non-hydrogen) atoms. The number of nitrogens with zero attached hydrogens (tertiary/aromatic N) is 1. The van der Waals surface area contributed by atoms with E-state index in [1.54, 1.807) is 24.3 Å². The molecule has 0 bridgehead atoms. The van der Waals surface area contributed by atoms with Crippen LogP contribution in [0.4, 0.5) is 11.4 Å². The summed E-state index contributed by atoms with van der Waals surface area (Å²) in [7, 11) is 0. The summed E-state index contributed by atoms with van der Waals surface area (Å²) < 4.78 is 5.70. The average Bonchev–Trinajstić information content (AvgIpc) is 3.01. The maximum absolute atomic E-state index is 13.6. The van der Waals surface area contributed by atoms with Gasteiger partial charge in [0, 0.05) is 5.02 Å². The Morgan fingerprint density at radius 3 is 2.41 bits per heavy atom. The second-order valence-electron chi connectivity index (χ2n) is 7.53. The SMILES string of the molecule is CCOc1ccccc1NC1=C(c2ccc(C)c(C)c2)C(=O)N(c2cccc(Cl)c2)C1=O. The number of para-hydroxylation sites is 2. The first-order valence-electron chi connectivity index (χ1n) is 10.4. The number of hydrogen-bond donors (Lipinski definition) is 1. The van der Waals surface area contributed by atoms with E-state index < -0.39 is 11.8 Å². The van der Waals surface area contributed by atoms with E-state index in [9.17, 15) is 9.59 Å². The quantitative estimate of drug-likeness (QED) is 0.489. The van der Waals surface area contributed by atoms with Gasteiger partial charge in [-0.05, 0) is 67.8 Å². The van der Waals surface area contributed by atoms with E-state index in [2.05, 4.69) is 5.32 Å². The minimum absolute atomic E-state index is 0.199. The Balaban J connectivity index is 1.86. The van der Waals surface area contributed by atoms with Crippen molar-refractivity contribution in [1.82, 2.24) is 0 Å². The number of amides is 2. The Labute approximate surface area is 192 Å². The molecular formula is C26H23ClN2O3. The smallest absolute Gasteiger partial charge is 0.282 e. The lowest BCUT2D eigenvalue weighted by atomic mass is 9.99. The molecule has 3 aromatic rings. The molecule has 1 aliphatic heterocycles. The highest BCUT2D eigenvalue weighted by Crippen LogP contribution is 2.36. The molecule has 6 heteroatoms. The van der Waals surface area contributed by atoms with E-state index in [1.807, 2.05) is 63.2 Å². The maximum atomic E-state index is 13.6. The van der Waals surface area contributed by atoms with Crippen LogP contribution in [0.15, 0.2) is 72.4 Å². The van der Waals surface area contributed by atoms with E-state index in [0.717, 1.165) is 16.0 Å². The summed E-state index contributed by atoms with van der Waals surface area (Å²) in [6.45, 7) is 6.35. The van der Waals surface area contributed by atoms with Crippen LogP contribution < -0.4 is 15.0 Å². The van der Waals surface area contributed by atoms with Gasteiger partial charge in [-0.25, -0.2) is 4.90 Å². The van der Waals surface area contributed by atoms with Crippen molar-refractivity contribution >= 4 is 40.4 Å². The number of rotatable bonds is 6. The van der Waals surface area contributed by atoms with Gasteiger partial charge in [0.1, 0.15) is 11.4 Å². The number of nitrogens with one attached hydrogen (secondary N) is 1. The zero-order valence-electron chi connectivity index (χ0n) is 18.1. The van der Waals surface area contributed by atoms with Gasteiger partial charge in [-0.1, -0.05) is 48.0 Å². The molecule has 1 N–H and O–H groups in total. The molecule has 2 amide bonds. The molecule has 0 aromatic heterocycles. The van der Waals surface area contributed by atoms with Crippen LogP contribution >= 0.6 is 11.6 Å². The van der Waals surface area contributed by atoms with Crippen LogP contribution in [0.5, 0.6) is 5.75 Å². The van der Waals surface area contributed by atoms with Crippen molar-refractivity contribution in [3.05, 3.63) is 94.1 Å². The van der Waals surface area contributed by atoms with Gasteiger partial charge in [-0.15, -0.1) is 0 Å². The minimum Gasteiger partial charge on any atom is -0.492 e. The normalized spacial score (nSPS) is 13.7. The van der Waals surface area contributed by atoms with Crippen LogP contribution in [-0.4, -0.2) is 18.4 Å². The van der Waals surface area contributed by atoms with Crippen LogP contribution in [-0.2, 0) is 9.59 Å². The summed E-state index contributed by atoms with van der Waals surface area (Å²) in [5.41, 5.74) is 4.35. The van der Waals surface area contributed by atoms with E-state index in [1.165, 1.54) is 0 Å². The molecule has 0 saturated carbocycles. The van der Waals surface area contributed by atoms with Crippen LogP contribution in [0, 0.1) is 13.8 Å². The fourth-order valence-corrected chi connectivity index (χ4v) is 3.83. The second-order valence-corrected chi connectivity index (χ2v) is 7.97. The van der Waals surface area contributed by atoms with Gasteiger partial charge in [0.05, 0.1) is 23.6 Å². The van der Waals surface area contributed by atoms with Gasteiger partial charge in [0.15, 0.2) is 0 Å². The Kier molecular flexibility index (Phi) is 6.01. The monoisotopic (exact) mass is 446 g/mol. The lowest BCUT2D eigenvalue weighted by Crippen LogP contribution is -2.32. The summed E-state index contributed by atoms with van der Waals surface area (Å²) in [6.07, 6.45) is 0. The number of ether oxygens (including phenoxy) is 1. The first-order valence-corrected chi connectivity index (χ1v) is 10.7. The Morgan fingerprint density at radius 1 is 0.906 bits per heavy atom. The third kappa shape index (κ3) is 3.99. The van der Waals surface area contributed by atoms with Crippen molar-refractivity contribution in [3.8, 4) is 5.75 Å². The topological polar surface area (TPSA) is 58.6 Å². The highest BCUT2D eigenvalue weighted by atomic mass is 35.5. The number of imide groups is 1. The predicted molar refractivity (Wildman–Crippen MR) is 128 cm³/mol. The number of aryl methyl sites for hydroxylation is 2. The van der Waals surface area contributed by atoms with E-state index in [0.29, 0.717) is 39.9 Å². The first kappa shape index (κ1) is 21.7. The standard InChI is InChI=1S/C26H23ClN2O3/c1-4-32-22-11-6-5-10-21(22)28-24-23(18-13-12-16(2)17(3)14-18)25(30)29(26(24)31)20-9-7-8-19(27)15-20/h5-15,28H,4H2,1-3H3. The summed E-state index contributed by atoms with van der Waals surface area (Å²) in [6, 6.07) is 19.8. The van der Waals surface area contributed by atoms with Gasteiger partial charge >= 0.3 is 0 Å². The van der Waals surface area contributed by atoms with E-state index in [-0.39, 0.29) is 5.70 Å². The lowest BCUT2D eigenvalue weighted by Gasteiger charge is -2.16. The number of benzene rings is 3. The number of carbonyl (C=O) groups excluding carboxylic acids is 2. The van der Waals surface area contributed by atoms with Gasteiger partial charge in [0.25, 0.3) is 11.8 Å². The Morgan fingerprint density at radius 2 is 1.69 bits per heavy atom. The summed E-state index contributed by atoms with van der Waals surface area (Å²) in [5, 5.41) is 3.62. The highest BCUT2D eigenvalue weighted by Gasteiger charge is 2.40. The third-order valence-electron chi connectivity index (χ3n) is 5.39. The molecule has 162 valence electrons. The average molecular weight is 447 g/mol. The fourth-order valence-electron chi connectivity index (χ4n) is 3.65. The molecule has 0 fully saturated rings. The molecular weight excluding hydrogens is 424 g/mol. The molecule has 0 atom stereocenters. The van der Waals surface area contributed by atoms with Crippen molar-refractivity contribution < 1.29 is 14.3 Å². The third-order valence-corrected chi connectivity index (χ3v) is 5.63. The van der Waals surface area contributed by atoms with Crippen LogP contribution in [0.25, 0.3) is 5.57 Å². The maximum Gasteiger partial charge on any atom is 0.282 e. The first-order chi connectivity index (χ1) is 15.4. The zero-order valence-corrected chi connectivity index (χ0v) is 18.9. The van der Waals surface area contributed by atoms with Gasteiger partial charge < -0.3 is 10.1 Å². The largest absolute Gasteiger partial charge is 0.492 e. The van der Waals surface area contributed by atoms with Crippen molar-refractivity contribution in [3.63, 3.8) is 0 Å². The molecule has 0 spiro atoms. The molecule has 3 aromatic carbocycles. The second kappa shape index (κ2) is 8.89. The minimum atomic E-state index is -0.447. The van der Waals surface area contributed by atoms with Crippen LogP contribution in [0.1, 0.15) is 23.6 Å². The van der Waals surface area contributed by atoms with E-state index >= 15 is 0 Å². The highest BCUT2D eigenvalue weighted by molar-refractivity contribution is 6.46. The zero-order chi connectivity index (χ0) is 22.8.